The van der Waals surface area contributed by atoms with Gasteiger partial charge in [0.05, 0.1) is 18.2 Å². The molecule has 4 atom stereocenters. The predicted octanol–water partition coefficient (Wildman–Crippen LogP) is 5.01. The minimum Gasteiger partial charge on any atom is -0.308 e. The summed E-state index contributed by atoms with van der Waals surface area (Å²) in [6.45, 7) is 9.05. The normalized spacial score (nSPS) is 31.4. The van der Waals surface area contributed by atoms with Gasteiger partial charge in [-0.25, -0.2) is 0 Å². The number of hydrogen-bond acceptors (Lipinski definition) is 4. The largest absolute Gasteiger partial charge is 0.340 e. The van der Waals surface area contributed by atoms with Crippen molar-refractivity contribution in [1.29, 1.82) is 0 Å². The Labute approximate surface area is 122 Å². The molecule has 0 spiro atoms. The summed E-state index contributed by atoms with van der Waals surface area (Å²) < 4.78 is 24.2. The third kappa shape index (κ3) is 5.41. The van der Waals surface area contributed by atoms with Gasteiger partial charge >= 0.3 is 7.60 Å². The van der Waals surface area contributed by atoms with E-state index in [1.54, 1.807) is 0 Å². The van der Waals surface area contributed by atoms with Crippen LogP contribution in [0.25, 0.3) is 0 Å². The molecule has 114 valence electrons. The van der Waals surface area contributed by atoms with Crippen molar-refractivity contribution >= 4 is 19.4 Å². The molecule has 0 bridgehead atoms. The number of thioether (sulfide) groups is 1. The smallest absolute Gasteiger partial charge is 0.308 e. The molecule has 1 aliphatic rings. The molecule has 0 aromatic carbocycles. The minimum atomic E-state index is -2.93. The van der Waals surface area contributed by atoms with E-state index in [0.29, 0.717) is 29.9 Å². The Kier molecular flexibility index (Phi) is 7.45. The zero-order valence-electron chi connectivity index (χ0n) is 12.9. The average molecular weight is 308 g/mol. The third-order valence-electron chi connectivity index (χ3n) is 3.87. The number of hydrogen-bond donors (Lipinski definition) is 0. The first-order valence-corrected chi connectivity index (χ1v) is 10.4. The van der Waals surface area contributed by atoms with Crippen LogP contribution in [0.2, 0.25) is 0 Å². The van der Waals surface area contributed by atoms with E-state index in [4.69, 9.17) is 9.05 Å². The standard InChI is InChI=1S/C14H29O3PS/c1-6-16-18(15,10-19-5)17-14-9-12(4)7-8-13(14)11(2)3/h11-14H,6-10H2,1-5H3. The molecule has 1 rings (SSSR count). The van der Waals surface area contributed by atoms with Gasteiger partial charge in [-0.2, -0.15) is 11.8 Å². The number of rotatable bonds is 7. The van der Waals surface area contributed by atoms with Crippen molar-refractivity contribution in [3.05, 3.63) is 0 Å². The van der Waals surface area contributed by atoms with Crippen molar-refractivity contribution in [3.63, 3.8) is 0 Å². The lowest BCUT2D eigenvalue weighted by molar-refractivity contribution is 0.0331. The van der Waals surface area contributed by atoms with Crippen molar-refractivity contribution < 1.29 is 13.6 Å². The fourth-order valence-corrected chi connectivity index (χ4v) is 5.81. The molecular formula is C14H29O3PS. The van der Waals surface area contributed by atoms with Crippen molar-refractivity contribution in [3.8, 4) is 0 Å². The quantitative estimate of drug-likeness (QED) is 0.619. The van der Waals surface area contributed by atoms with Crippen LogP contribution in [-0.4, -0.2) is 24.5 Å². The highest BCUT2D eigenvalue weighted by molar-refractivity contribution is 8.03. The Morgan fingerprint density at radius 3 is 2.58 bits per heavy atom. The molecule has 0 aliphatic heterocycles. The Bertz CT molecular complexity index is 299. The molecule has 1 fully saturated rings. The lowest BCUT2D eigenvalue weighted by Crippen LogP contribution is -2.34. The van der Waals surface area contributed by atoms with Crippen LogP contribution in [-0.2, 0) is 13.6 Å². The molecule has 19 heavy (non-hydrogen) atoms. The monoisotopic (exact) mass is 308 g/mol. The lowest BCUT2D eigenvalue weighted by atomic mass is 9.75. The van der Waals surface area contributed by atoms with Gasteiger partial charge in [-0.15, -0.1) is 0 Å². The summed E-state index contributed by atoms with van der Waals surface area (Å²) in [5.74, 6) is 1.73. The molecule has 3 nitrogen and oxygen atoms in total. The van der Waals surface area contributed by atoms with Crippen LogP contribution < -0.4 is 0 Å². The summed E-state index contributed by atoms with van der Waals surface area (Å²) in [5, 5.41) is 0. The van der Waals surface area contributed by atoms with Gasteiger partial charge in [0, 0.05) is 0 Å². The van der Waals surface area contributed by atoms with Crippen molar-refractivity contribution in [2.45, 2.75) is 53.1 Å². The van der Waals surface area contributed by atoms with Crippen LogP contribution in [0.1, 0.15) is 47.0 Å². The summed E-state index contributed by atoms with van der Waals surface area (Å²) in [4.78, 5) is 0. The van der Waals surface area contributed by atoms with Crippen LogP contribution in [0.5, 0.6) is 0 Å². The van der Waals surface area contributed by atoms with Crippen LogP contribution >= 0.6 is 19.4 Å². The second-order valence-corrected chi connectivity index (χ2v) is 9.22. The van der Waals surface area contributed by atoms with Gasteiger partial charge in [-0.3, -0.25) is 4.57 Å². The highest BCUT2D eigenvalue weighted by Gasteiger charge is 2.37. The summed E-state index contributed by atoms with van der Waals surface area (Å²) in [6.07, 6.45) is 5.47. The van der Waals surface area contributed by atoms with Crippen LogP contribution in [0.4, 0.5) is 0 Å². The van der Waals surface area contributed by atoms with Crippen molar-refractivity contribution in [2.75, 3.05) is 18.4 Å². The van der Waals surface area contributed by atoms with E-state index in [0.717, 1.165) is 6.42 Å². The maximum Gasteiger partial charge on any atom is 0.340 e. The molecule has 0 aromatic rings. The first-order chi connectivity index (χ1) is 8.91. The third-order valence-corrected chi connectivity index (χ3v) is 7.41. The molecule has 0 saturated heterocycles. The van der Waals surface area contributed by atoms with Crippen LogP contribution in [0.3, 0.4) is 0 Å². The van der Waals surface area contributed by atoms with Gasteiger partial charge in [-0.1, -0.05) is 27.2 Å². The van der Waals surface area contributed by atoms with Crippen molar-refractivity contribution in [1.82, 2.24) is 0 Å². The molecule has 0 heterocycles. The van der Waals surface area contributed by atoms with Gasteiger partial charge in [0.2, 0.25) is 0 Å². The van der Waals surface area contributed by atoms with Gasteiger partial charge in [0.1, 0.15) is 0 Å². The average Bonchev–Trinajstić information content (AvgIpc) is 2.28. The van der Waals surface area contributed by atoms with E-state index in [1.165, 1.54) is 24.6 Å². The molecule has 0 N–H and O–H groups in total. The fraction of sp³-hybridized carbons (Fsp3) is 1.00. The van der Waals surface area contributed by atoms with Crippen LogP contribution in [0, 0.1) is 17.8 Å². The zero-order chi connectivity index (χ0) is 14.5. The summed E-state index contributed by atoms with van der Waals surface area (Å²) in [5.41, 5.74) is 0.455. The Balaban J connectivity index is 2.75. The maximum atomic E-state index is 12.7. The van der Waals surface area contributed by atoms with Gasteiger partial charge < -0.3 is 9.05 Å². The second-order valence-electron chi connectivity index (χ2n) is 5.92. The Hall–Kier alpha value is 0.500. The van der Waals surface area contributed by atoms with E-state index in [1.807, 2.05) is 13.2 Å². The second kappa shape index (κ2) is 8.07. The van der Waals surface area contributed by atoms with E-state index < -0.39 is 7.60 Å². The van der Waals surface area contributed by atoms with Gasteiger partial charge in [0.25, 0.3) is 0 Å². The maximum absolute atomic E-state index is 12.7. The van der Waals surface area contributed by atoms with Crippen LogP contribution in [0.15, 0.2) is 0 Å². The highest BCUT2D eigenvalue weighted by atomic mass is 32.2. The molecule has 0 amide bonds. The summed E-state index contributed by atoms with van der Waals surface area (Å²) in [7, 11) is -2.93. The van der Waals surface area contributed by atoms with E-state index in [2.05, 4.69) is 20.8 Å². The first-order valence-electron chi connectivity index (χ1n) is 7.32. The SMILES string of the molecule is CCOP(=O)(CSC)OC1CC(C)CCC1C(C)C. The minimum absolute atomic E-state index is 0.0910. The molecule has 5 heteroatoms. The van der Waals surface area contributed by atoms with E-state index in [-0.39, 0.29) is 6.10 Å². The van der Waals surface area contributed by atoms with Crippen molar-refractivity contribution in [2.24, 2.45) is 17.8 Å². The Morgan fingerprint density at radius 2 is 2.05 bits per heavy atom. The predicted molar refractivity (Wildman–Crippen MR) is 83.8 cm³/mol. The molecular weight excluding hydrogens is 279 g/mol. The summed E-state index contributed by atoms with van der Waals surface area (Å²) in [6, 6.07) is 0. The lowest BCUT2D eigenvalue weighted by Gasteiger charge is -2.38. The molecule has 0 aromatic heterocycles. The topological polar surface area (TPSA) is 35.5 Å². The molecule has 4 unspecified atom stereocenters. The first kappa shape index (κ1) is 17.6. The zero-order valence-corrected chi connectivity index (χ0v) is 14.6. The van der Waals surface area contributed by atoms with E-state index >= 15 is 0 Å². The summed E-state index contributed by atoms with van der Waals surface area (Å²) >= 11 is 1.53. The van der Waals surface area contributed by atoms with E-state index in [9.17, 15) is 4.57 Å². The fourth-order valence-electron chi connectivity index (χ4n) is 2.90. The van der Waals surface area contributed by atoms with Gasteiger partial charge in [-0.05, 0) is 43.8 Å². The highest BCUT2D eigenvalue weighted by Crippen LogP contribution is 2.54. The Morgan fingerprint density at radius 1 is 1.37 bits per heavy atom. The molecule has 1 aliphatic carbocycles. The molecule has 0 radical (unpaired) electrons. The van der Waals surface area contributed by atoms with Gasteiger partial charge in [0.15, 0.2) is 0 Å². The molecule has 1 saturated carbocycles.